The highest BCUT2D eigenvalue weighted by molar-refractivity contribution is 6.06. The van der Waals surface area contributed by atoms with Gasteiger partial charge in [0.15, 0.2) is 29.2 Å². The first kappa shape index (κ1) is 66.5. The monoisotopic (exact) mass is 1240 g/mol. The Morgan fingerprint density at radius 3 is 2.36 bits per heavy atom. The molecule has 0 amide bonds. The van der Waals surface area contributed by atoms with Gasteiger partial charge in [-0.25, -0.2) is 0 Å². The van der Waals surface area contributed by atoms with Crippen LogP contribution in [0.2, 0.25) is 0 Å². The van der Waals surface area contributed by atoms with E-state index in [2.05, 4.69) is 83.9 Å². The Morgan fingerprint density at radius 2 is 1.57 bits per heavy atom. The van der Waals surface area contributed by atoms with Crippen molar-refractivity contribution in [2.75, 3.05) is 38.7 Å². The van der Waals surface area contributed by atoms with Crippen LogP contribution in [0, 0.1) is 53.3 Å². The van der Waals surface area contributed by atoms with Crippen molar-refractivity contribution in [3.05, 3.63) is 171 Å². The number of ether oxygens (including phenoxy) is 1. The first-order chi connectivity index (χ1) is 44.0. The molecule has 12 N–H and O–H groups in total. The maximum absolute atomic E-state index is 15.5. The zero-order chi connectivity index (χ0) is 64.3. The van der Waals surface area contributed by atoms with Crippen molar-refractivity contribution >= 4 is 28.0 Å². The van der Waals surface area contributed by atoms with E-state index in [-0.39, 0.29) is 97.4 Å². The second-order valence-corrected chi connectivity index (χ2v) is 26.5. The Balaban J connectivity index is 1.09. The van der Waals surface area contributed by atoms with Crippen molar-refractivity contribution in [2.24, 2.45) is 41.4 Å². The number of H-pyrrole nitrogens is 1. The van der Waals surface area contributed by atoms with E-state index in [0.717, 1.165) is 69.7 Å². The third-order valence-corrected chi connectivity index (χ3v) is 20.3. The second kappa shape index (κ2) is 30.8. The van der Waals surface area contributed by atoms with E-state index in [0.29, 0.717) is 98.6 Å². The summed E-state index contributed by atoms with van der Waals surface area (Å²) in [6.07, 6.45) is 10.1. The molecule has 2 aliphatic heterocycles. The van der Waals surface area contributed by atoms with E-state index >= 15 is 4.79 Å². The van der Waals surface area contributed by atoms with Gasteiger partial charge in [-0.05, 0) is 199 Å². The number of aromatic hydroxyl groups is 3. The van der Waals surface area contributed by atoms with Gasteiger partial charge >= 0.3 is 0 Å². The Hall–Kier alpha value is -7.42. The fourth-order valence-electron chi connectivity index (χ4n) is 15.1. The standard InChI is InChI=1S/C76H94N4O11/c1-5-10-62-55-32-54(60(14-9-30-81)52-28-29-78-73(37-52)80-57-25-22-49-20-21-53(74(88)66(49)38-57)34-59(83)43-77-41-46(3)56-33-58(79-42-56)39-70(62)86)31-50-23-26-63(64-40-71(87)72(91-4)36-51(64)24-27-69(85)76(90)75(89)65(50)35-55)61-13-7-6-11-47(61)18-16-45(2)17-19-48-12-8-15-68(84)67(48)44-82/h6-8,11-13,15,20-22,25,28,33,36-38,40,42,45-46,50,54-55,59-60,62-63,65,70,76-84,86-88,90H,5,9-10,14,16-19,24,27,29-32,34-35,39,41,43-44H2,1-4H3. The summed E-state index contributed by atoms with van der Waals surface area (Å²) in [5, 5.41) is 103. The van der Waals surface area contributed by atoms with E-state index in [1.165, 1.54) is 7.11 Å². The molecular weight excluding hydrogens is 1140 g/mol. The summed E-state index contributed by atoms with van der Waals surface area (Å²) in [6.45, 7) is 7.52. The third-order valence-electron chi connectivity index (χ3n) is 20.3. The van der Waals surface area contributed by atoms with Crippen molar-refractivity contribution in [3.63, 3.8) is 0 Å². The molecule has 3 heterocycles. The number of aromatic amines is 1. The van der Waals surface area contributed by atoms with Crippen LogP contribution in [0.25, 0.3) is 10.8 Å². The average Bonchev–Trinajstić information content (AvgIpc) is 1.89. The molecule has 0 radical (unpaired) electrons. The molecule has 1 fully saturated rings. The average molecular weight is 1240 g/mol. The minimum absolute atomic E-state index is 0.0473. The molecule has 91 heavy (non-hydrogen) atoms. The number of aliphatic hydroxyl groups excluding tert-OH is 5. The normalized spacial score (nSPS) is 25.5. The number of phenolic OH excluding ortho intramolecular Hbond substituents is 2. The molecule has 2 aliphatic carbocycles. The number of carbonyl (C=O) groups excluding carboxylic acids is 2. The molecular formula is C76H94N4O11. The predicted molar refractivity (Wildman–Crippen MR) is 356 cm³/mol. The zero-order valence-electron chi connectivity index (χ0n) is 53.3. The number of Topliss-reactive ketones (excluding diaryl/α,β-unsaturated/α-hetero) is 2. The van der Waals surface area contributed by atoms with Crippen molar-refractivity contribution in [2.45, 2.75) is 154 Å². The molecule has 0 saturated heterocycles. The number of anilines is 1. The molecule has 0 spiro atoms. The highest BCUT2D eigenvalue weighted by atomic mass is 16.5. The summed E-state index contributed by atoms with van der Waals surface area (Å²) in [6, 6.07) is 28.8. The molecule has 484 valence electrons. The van der Waals surface area contributed by atoms with E-state index in [1.54, 1.807) is 24.3 Å². The fourth-order valence-corrected chi connectivity index (χ4v) is 15.1. The predicted octanol–water partition coefficient (Wildman–Crippen LogP) is 10.7. The van der Waals surface area contributed by atoms with Crippen molar-refractivity contribution in [1.29, 1.82) is 0 Å². The molecule has 5 aromatic carbocycles. The van der Waals surface area contributed by atoms with Crippen LogP contribution in [0.5, 0.6) is 23.0 Å². The van der Waals surface area contributed by atoms with Gasteiger partial charge in [0, 0.05) is 85.9 Å². The number of β-amino-alcohol motifs (C(OH)–C–C–N with tert-alkyl or cyclic N) is 1. The summed E-state index contributed by atoms with van der Waals surface area (Å²) >= 11 is 0. The number of hydrogen-bond acceptors (Lipinski definition) is 14. The summed E-state index contributed by atoms with van der Waals surface area (Å²) in [5.41, 5.74) is 9.17. The van der Waals surface area contributed by atoms with E-state index < -0.39 is 47.6 Å². The number of allylic oxidation sites excluding steroid dienone is 2. The number of dihydropyridines is 1. The lowest BCUT2D eigenvalue weighted by atomic mass is 9.71. The number of ketones is 2. The number of phenols is 3. The van der Waals surface area contributed by atoms with Crippen molar-refractivity contribution in [3.8, 4) is 34.8 Å². The molecule has 1 aromatic heterocycles. The largest absolute Gasteiger partial charge is 0.508 e. The third kappa shape index (κ3) is 15.9. The summed E-state index contributed by atoms with van der Waals surface area (Å²) in [5.74, 6) is 4.63. The van der Waals surface area contributed by atoms with Gasteiger partial charge in [0.25, 0.3) is 0 Å². The Bertz CT molecular complexity index is 3640. The summed E-state index contributed by atoms with van der Waals surface area (Å²) in [7, 11) is 1.47. The minimum Gasteiger partial charge on any atom is -0.508 e. The van der Waals surface area contributed by atoms with E-state index in [1.807, 2.05) is 54.7 Å². The second-order valence-electron chi connectivity index (χ2n) is 26.5. The van der Waals surface area contributed by atoms with Gasteiger partial charge in [0.05, 0.1) is 31.8 Å². The van der Waals surface area contributed by atoms with Gasteiger partial charge in [-0.2, -0.15) is 0 Å². The lowest BCUT2D eigenvalue weighted by Crippen LogP contribution is -2.40. The van der Waals surface area contributed by atoms with Gasteiger partial charge < -0.3 is 66.5 Å². The Morgan fingerprint density at radius 1 is 0.780 bits per heavy atom. The molecule has 4 aliphatic rings. The first-order valence-electron chi connectivity index (χ1n) is 33.2. The quantitative estimate of drug-likeness (QED) is 0.0358. The smallest absolute Gasteiger partial charge is 0.173 e. The zero-order valence-corrected chi connectivity index (χ0v) is 53.3. The van der Waals surface area contributed by atoms with Gasteiger partial charge in [0.2, 0.25) is 0 Å². The molecule has 1 saturated carbocycles. The molecule has 15 heteroatoms. The summed E-state index contributed by atoms with van der Waals surface area (Å²) < 4.78 is 5.66. The van der Waals surface area contributed by atoms with Crippen LogP contribution >= 0.6 is 0 Å². The van der Waals surface area contributed by atoms with Crippen molar-refractivity contribution < 1.29 is 55.2 Å². The fraction of sp³-hybridized carbons (Fsp3) is 0.474. The number of aliphatic hydroxyl groups is 5. The maximum atomic E-state index is 15.5. The van der Waals surface area contributed by atoms with E-state index in [4.69, 9.17) is 4.74 Å². The molecule has 9 bridgehead atoms. The number of benzene rings is 5. The van der Waals surface area contributed by atoms with E-state index in [9.17, 15) is 45.6 Å². The molecule has 10 rings (SSSR count). The molecule has 12 unspecified atom stereocenters. The van der Waals surface area contributed by atoms with Crippen LogP contribution in [0.3, 0.4) is 0 Å². The number of aromatic nitrogens is 1. The van der Waals surface area contributed by atoms with Crippen LogP contribution in [-0.4, -0.2) is 109 Å². The van der Waals surface area contributed by atoms with Gasteiger partial charge in [-0.3, -0.25) is 9.59 Å². The highest BCUT2D eigenvalue weighted by Gasteiger charge is 2.45. The van der Waals surface area contributed by atoms with Gasteiger partial charge in [0.1, 0.15) is 17.3 Å². The number of rotatable bonds is 14. The number of fused-ring (bicyclic) bond motifs is 9. The number of methoxy groups -OCH3 is 1. The van der Waals surface area contributed by atoms with Crippen LogP contribution in [-0.2, 0) is 48.3 Å². The van der Waals surface area contributed by atoms with Crippen LogP contribution in [0.15, 0.2) is 121 Å². The maximum Gasteiger partial charge on any atom is 0.173 e. The van der Waals surface area contributed by atoms with Crippen molar-refractivity contribution in [1.82, 2.24) is 15.6 Å². The van der Waals surface area contributed by atoms with Crippen LogP contribution in [0.4, 0.5) is 5.69 Å². The summed E-state index contributed by atoms with van der Waals surface area (Å²) in [4.78, 5) is 33.6. The topological polar surface area (TPSA) is 257 Å². The number of hydrogen-bond donors (Lipinski definition) is 12. The lowest BCUT2D eigenvalue weighted by molar-refractivity contribution is -0.142. The highest BCUT2D eigenvalue weighted by Crippen LogP contribution is 2.48. The number of carbonyl (C=O) groups is 2. The van der Waals surface area contributed by atoms with Crippen LogP contribution in [0.1, 0.15) is 147 Å². The van der Waals surface area contributed by atoms with Gasteiger partial charge in [-0.15, -0.1) is 0 Å². The molecule has 6 aromatic rings. The SMILES string of the molecule is CCCC1C(O)Cc2cc(c[nH]2)C(C)CNCC(O)Cc2ccc3ccc(cc3c2O)NC2=CC(=CCN2)C(CCCO)C2CC3C#CC(c4ccccc4CCC(C)CCc4cccc(O)c4CO)c4cc(O)c(OC)cc4CCC(=O)C(O)C(=O)C3CC1C2. The van der Waals surface area contributed by atoms with Crippen LogP contribution < -0.4 is 20.7 Å². The number of nitrogens with one attached hydrogen (secondary N) is 4. The lowest BCUT2D eigenvalue weighted by Gasteiger charge is -2.36. The number of aryl methyl sites for hydroxylation is 3. The Labute approximate surface area is 536 Å². The molecule has 12 atom stereocenters. The first-order valence-corrected chi connectivity index (χ1v) is 33.2. The minimum atomic E-state index is -1.92. The Kier molecular flexibility index (Phi) is 22.5. The van der Waals surface area contributed by atoms with Gasteiger partial charge in [-0.1, -0.05) is 99.7 Å². The molecule has 15 nitrogen and oxygen atoms in total.